The molecule has 1 aromatic heterocycles. The second kappa shape index (κ2) is 5.49. The van der Waals surface area contributed by atoms with Gasteiger partial charge < -0.3 is 5.73 Å². The highest BCUT2D eigenvalue weighted by Crippen LogP contribution is 2.37. The van der Waals surface area contributed by atoms with Crippen molar-refractivity contribution in [1.29, 1.82) is 0 Å². The van der Waals surface area contributed by atoms with Crippen LogP contribution in [0.5, 0.6) is 0 Å². The summed E-state index contributed by atoms with van der Waals surface area (Å²) in [6.45, 7) is 9.07. The lowest BCUT2D eigenvalue weighted by Crippen LogP contribution is -2.45. The summed E-state index contributed by atoms with van der Waals surface area (Å²) >= 11 is 7.71. The zero-order chi connectivity index (χ0) is 13.3. The summed E-state index contributed by atoms with van der Waals surface area (Å²) < 4.78 is 0.855. The van der Waals surface area contributed by atoms with Gasteiger partial charge in [-0.25, -0.2) is 0 Å². The van der Waals surface area contributed by atoms with Gasteiger partial charge in [0.15, 0.2) is 0 Å². The normalized spacial score (nSPS) is 23.8. The van der Waals surface area contributed by atoms with Gasteiger partial charge in [-0.15, -0.1) is 11.3 Å². The first-order valence-electron chi connectivity index (χ1n) is 6.64. The lowest BCUT2D eigenvalue weighted by atomic mass is 9.82. The molecule has 0 bridgehead atoms. The first-order chi connectivity index (χ1) is 8.39. The highest BCUT2D eigenvalue weighted by atomic mass is 35.5. The van der Waals surface area contributed by atoms with Crippen LogP contribution in [-0.2, 0) is 0 Å². The van der Waals surface area contributed by atoms with Gasteiger partial charge in [-0.05, 0) is 50.4 Å². The van der Waals surface area contributed by atoms with E-state index in [2.05, 4.69) is 31.7 Å². The van der Waals surface area contributed by atoms with Crippen molar-refractivity contribution in [2.75, 3.05) is 13.1 Å². The van der Waals surface area contributed by atoms with Crippen LogP contribution in [-0.4, -0.2) is 24.0 Å². The summed E-state index contributed by atoms with van der Waals surface area (Å²) in [6, 6.07) is 4.56. The van der Waals surface area contributed by atoms with Crippen LogP contribution in [0.4, 0.5) is 0 Å². The molecule has 2 heterocycles. The van der Waals surface area contributed by atoms with Crippen LogP contribution in [0.15, 0.2) is 12.1 Å². The number of hydrogen-bond acceptors (Lipinski definition) is 3. The minimum Gasteiger partial charge on any atom is -0.326 e. The number of rotatable bonds is 3. The second-order valence-electron chi connectivity index (χ2n) is 6.15. The minimum absolute atomic E-state index is 0.140. The summed E-state index contributed by atoms with van der Waals surface area (Å²) in [7, 11) is 0. The largest absolute Gasteiger partial charge is 0.326 e. The van der Waals surface area contributed by atoms with E-state index in [1.807, 2.05) is 6.07 Å². The summed E-state index contributed by atoms with van der Waals surface area (Å²) in [5.41, 5.74) is 6.68. The number of halogens is 1. The minimum atomic E-state index is 0.140. The molecule has 2 atom stereocenters. The number of likely N-dealkylation sites (tertiary alicyclic amines) is 1. The summed E-state index contributed by atoms with van der Waals surface area (Å²) in [4.78, 5) is 3.83. The van der Waals surface area contributed by atoms with Crippen LogP contribution in [0.25, 0.3) is 0 Å². The molecule has 102 valence electrons. The highest BCUT2D eigenvalue weighted by molar-refractivity contribution is 7.16. The summed E-state index contributed by atoms with van der Waals surface area (Å²) in [5, 5.41) is 0. The predicted octanol–water partition coefficient (Wildman–Crippen LogP) is 3.91. The van der Waals surface area contributed by atoms with E-state index in [0.717, 1.165) is 17.4 Å². The Morgan fingerprint density at radius 1 is 1.33 bits per heavy atom. The predicted molar refractivity (Wildman–Crippen MR) is 80.3 cm³/mol. The maximum absolute atomic E-state index is 6.20. The average Bonchev–Trinajstić information content (AvgIpc) is 2.67. The number of nitrogens with zero attached hydrogens (tertiary/aromatic N) is 1. The van der Waals surface area contributed by atoms with Crippen LogP contribution >= 0.6 is 22.9 Å². The Labute approximate surface area is 119 Å². The SMILES string of the molecule is CC(N)C(c1ccc(Cl)s1)N1CCC(C)(C)CC1. The van der Waals surface area contributed by atoms with Gasteiger partial charge in [0.1, 0.15) is 0 Å². The zero-order valence-electron chi connectivity index (χ0n) is 11.4. The first-order valence-corrected chi connectivity index (χ1v) is 7.83. The molecule has 1 aliphatic rings. The monoisotopic (exact) mass is 286 g/mol. The maximum atomic E-state index is 6.20. The Kier molecular flexibility index (Phi) is 4.37. The lowest BCUT2D eigenvalue weighted by molar-refractivity contribution is 0.0857. The smallest absolute Gasteiger partial charge is 0.0931 e. The number of piperidine rings is 1. The van der Waals surface area contributed by atoms with Crippen molar-refractivity contribution >= 4 is 22.9 Å². The Bertz CT molecular complexity index is 390. The molecule has 0 saturated carbocycles. The topological polar surface area (TPSA) is 29.3 Å². The Morgan fingerprint density at radius 3 is 2.39 bits per heavy atom. The second-order valence-corrected chi connectivity index (χ2v) is 7.89. The molecule has 0 amide bonds. The van der Waals surface area contributed by atoms with Gasteiger partial charge in [0.25, 0.3) is 0 Å². The quantitative estimate of drug-likeness (QED) is 0.913. The van der Waals surface area contributed by atoms with Crippen molar-refractivity contribution in [2.24, 2.45) is 11.1 Å². The Morgan fingerprint density at radius 2 is 1.94 bits per heavy atom. The number of nitrogens with two attached hydrogens (primary N) is 1. The van der Waals surface area contributed by atoms with E-state index in [4.69, 9.17) is 17.3 Å². The average molecular weight is 287 g/mol. The molecule has 2 nitrogen and oxygen atoms in total. The molecule has 0 spiro atoms. The van der Waals surface area contributed by atoms with Gasteiger partial charge in [-0.3, -0.25) is 4.90 Å². The van der Waals surface area contributed by atoms with E-state index in [0.29, 0.717) is 11.5 Å². The molecule has 2 unspecified atom stereocenters. The number of hydrogen-bond donors (Lipinski definition) is 1. The van der Waals surface area contributed by atoms with Crippen LogP contribution in [0.2, 0.25) is 4.34 Å². The van der Waals surface area contributed by atoms with E-state index in [1.165, 1.54) is 17.7 Å². The van der Waals surface area contributed by atoms with E-state index >= 15 is 0 Å². The molecule has 0 radical (unpaired) electrons. The van der Waals surface area contributed by atoms with Crippen molar-refractivity contribution in [1.82, 2.24) is 4.90 Å². The van der Waals surface area contributed by atoms with Gasteiger partial charge in [0.05, 0.1) is 10.4 Å². The highest BCUT2D eigenvalue weighted by Gasteiger charge is 2.32. The van der Waals surface area contributed by atoms with E-state index in [-0.39, 0.29) is 6.04 Å². The standard InChI is InChI=1S/C14H23ClN2S/c1-10(16)13(11-4-5-12(15)18-11)17-8-6-14(2,3)7-9-17/h4-5,10,13H,6-9,16H2,1-3H3. The van der Waals surface area contributed by atoms with Crippen molar-refractivity contribution < 1.29 is 0 Å². The lowest BCUT2D eigenvalue weighted by Gasteiger charge is -2.42. The van der Waals surface area contributed by atoms with Crippen LogP contribution in [0, 0.1) is 5.41 Å². The Balaban J connectivity index is 2.12. The fourth-order valence-corrected chi connectivity index (χ4v) is 3.98. The van der Waals surface area contributed by atoms with Crippen LogP contribution < -0.4 is 5.73 Å². The zero-order valence-corrected chi connectivity index (χ0v) is 13.0. The number of thiophene rings is 1. The van der Waals surface area contributed by atoms with E-state index in [9.17, 15) is 0 Å². The van der Waals surface area contributed by atoms with Gasteiger partial charge in [-0.1, -0.05) is 25.4 Å². The third kappa shape index (κ3) is 3.27. The third-order valence-electron chi connectivity index (χ3n) is 3.93. The molecular formula is C14H23ClN2S. The molecule has 1 fully saturated rings. The fourth-order valence-electron chi connectivity index (χ4n) is 2.67. The summed E-state index contributed by atoms with van der Waals surface area (Å²) in [5.74, 6) is 0. The van der Waals surface area contributed by atoms with Crippen molar-refractivity contribution in [2.45, 2.75) is 45.7 Å². The van der Waals surface area contributed by atoms with Crippen molar-refractivity contribution in [3.63, 3.8) is 0 Å². The van der Waals surface area contributed by atoms with Gasteiger partial charge >= 0.3 is 0 Å². The molecule has 0 aliphatic carbocycles. The molecule has 18 heavy (non-hydrogen) atoms. The molecule has 1 aromatic rings. The molecule has 2 N–H and O–H groups in total. The van der Waals surface area contributed by atoms with Crippen LogP contribution in [0.3, 0.4) is 0 Å². The molecule has 0 aromatic carbocycles. The van der Waals surface area contributed by atoms with E-state index in [1.54, 1.807) is 11.3 Å². The maximum Gasteiger partial charge on any atom is 0.0931 e. The van der Waals surface area contributed by atoms with E-state index < -0.39 is 0 Å². The summed E-state index contributed by atoms with van der Waals surface area (Å²) in [6.07, 6.45) is 2.49. The van der Waals surface area contributed by atoms with Gasteiger partial charge in [0.2, 0.25) is 0 Å². The first kappa shape index (κ1) is 14.3. The van der Waals surface area contributed by atoms with Gasteiger partial charge in [-0.2, -0.15) is 0 Å². The third-order valence-corrected chi connectivity index (χ3v) is 5.23. The molecule has 1 saturated heterocycles. The molecule has 2 rings (SSSR count). The molecule has 4 heteroatoms. The van der Waals surface area contributed by atoms with Gasteiger partial charge in [0, 0.05) is 10.9 Å². The molecular weight excluding hydrogens is 264 g/mol. The molecule has 1 aliphatic heterocycles. The van der Waals surface area contributed by atoms with Crippen molar-refractivity contribution in [3.05, 3.63) is 21.3 Å². The Hall–Kier alpha value is -0.0900. The fraction of sp³-hybridized carbons (Fsp3) is 0.714. The van der Waals surface area contributed by atoms with Crippen molar-refractivity contribution in [3.8, 4) is 0 Å². The van der Waals surface area contributed by atoms with Crippen LogP contribution in [0.1, 0.15) is 44.5 Å².